The maximum absolute atomic E-state index is 12.5. The van der Waals surface area contributed by atoms with E-state index in [1.165, 1.54) is 6.92 Å². The summed E-state index contributed by atoms with van der Waals surface area (Å²) < 4.78 is 5.66. The Morgan fingerprint density at radius 3 is 2.71 bits per heavy atom. The smallest absolute Gasteiger partial charge is 0.302 e. The zero-order chi connectivity index (χ0) is 18.1. The molecule has 0 aromatic heterocycles. The third-order valence-electron chi connectivity index (χ3n) is 6.33. The topological polar surface area (TPSA) is 63.6 Å². The normalized spacial score (nSPS) is 34.8. The van der Waals surface area contributed by atoms with Crippen molar-refractivity contribution in [1.29, 1.82) is 0 Å². The average Bonchev–Trinajstić information content (AvgIpc) is 2.70. The standard InChI is InChI=1S/C20H34O4/c1-13(8-6-10-19(3,4)23)18-17(24-14(2)21)12-15-16(22)9-7-11-20(15,18)5/h13,15,17-18,23H,6-12H2,1-5H3/t13-,15+,17-,18+,20+/m1/s1. The van der Waals surface area contributed by atoms with Crippen molar-refractivity contribution in [3.05, 3.63) is 0 Å². The van der Waals surface area contributed by atoms with E-state index in [0.29, 0.717) is 24.5 Å². The van der Waals surface area contributed by atoms with Crippen molar-refractivity contribution >= 4 is 11.8 Å². The van der Waals surface area contributed by atoms with Gasteiger partial charge in [-0.1, -0.05) is 26.7 Å². The molecule has 2 aliphatic carbocycles. The molecule has 0 aromatic rings. The summed E-state index contributed by atoms with van der Waals surface area (Å²) in [5.74, 6) is 0.753. The Kier molecular flexibility index (Phi) is 5.79. The van der Waals surface area contributed by atoms with Crippen LogP contribution in [0.3, 0.4) is 0 Å². The second-order valence-electron chi connectivity index (χ2n) is 8.97. The molecule has 1 N–H and O–H groups in total. The molecule has 0 aliphatic heterocycles. The number of rotatable bonds is 6. The van der Waals surface area contributed by atoms with E-state index in [0.717, 1.165) is 32.1 Å². The summed E-state index contributed by atoms with van der Waals surface area (Å²) in [7, 11) is 0. The minimum absolute atomic E-state index is 0.0392. The first-order valence-corrected chi connectivity index (χ1v) is 9.47. The van der Waals surface area contributed by atoms with Crippen molar-refractivity contribution in [1.82, 2.24) is 0 Å². The number of carbonyl (C=O) groups is 2. The molecule has 0 radical (unpaired) electrons. The molecule has 138 valence electrons. The Labute approximate surface area is 146 Å². The summed E-state index contributed by atoms with van der Waals surface area (Å²) in [6, 6.07) is 0. The number of hydrogen-bond donors (Lipinski definition) is 1. The highest BCUT2D eigenvalue weighted by molar-refractivity contribution is 5.83. The number of esters is 1. The Hall–Kier alpha value is -0.900. The highest BCUT2D eigenvalue weighted by atomic mass is 16.5. The van der Waals surface area contributed by atoms with Gasteiger partial charge in [-0.3, -0.25) is 9.59 Å². The van der Waals surface area contributed by atoms with Crippen LogP contribution >= 0.6 is 0 Å². The van der Waals surface area contributed by atoms with Gasteiger partial charge in [-0.25, -0.2) is 0 Å². The molecule has 2 rings (SSSR count). The largest absolute Gasteiger partial charge is 0.462 e. The zero-order valence-electron chi connectivity index (χ0n) is 15.9. The molecule has 0 spiro atoms. The maximum atomic E-state index is 12.5. The lowest BCUT2D eigenvalue weighted by molar-refractivity contribution is -0.150. The van der Waals surface area contributed by atoms with Crippen LogP contribution in [0.25, 0.3) is 0 Å². The quantitative estimate of drug-likeness (QED) is 0.746. The molecule has 0 aromatic carbocycles. The van der Waals surface area contributed by atoms with Crippen LogP contribution in [0.15, 0.2) is 0 Å². The van der Waals surface area contributed by atoms with Gasteiger partial charge in [0.05, 0.1) is 5.60 Å². The first-order valence-electron chi connectivity index (χ1n) is 9.47. The summed E-state index contributed by atoms with van der Waals surface area (Å²) in [4.78, 5) is 24.0. The highest BCUT2D eigenvalue weighted by Gasteiger charge is 2.58. The predicted octanol–water partition coefficient (Wildman–Crippen LogP) is 3.89. The number of Topliss-reactive ketones (excluding diaryl/α,β-unsaturated/α-hetero) is 1. The second-order valence-corrected chi connectivity index (χ2v) is 8.97. The lowest BCUT2D eigenvalue weighted by Gasteiger charge is -2.43. The number of ether oxygens (including phenoxy) is 1. The Morgan fingerprint density at radius 2 is 2.12 bits per heavy atom. The van der Waals surface area contributed by atoms with E-state index in [4.69, 9.17) is 4.74 Å². The third-order valence-corrected chi connectivity index (χ3v) is 6.33. The summed E-state index contributed by atoms with van der Waals surface area (Å²) >= 11 is 0. The molecule has 2 aliphatic rings. The second kappa shape index (κ2) is 7.15. The van der Waals surface area contributed by atoms with Gasteiger partial charge in [-0.15, -0.1) is 0 Å². The van der Waals surface area contributed by atoms with Gasteiger partial charge in [-0.2, -0.15) is 0 Å². The van der Waals surface area contributed by atoms with Crippen molar-refractivity contribution in [3.8, 4) is 0 Å². The van der Waals surface area contributed by atoms with Gasteiger partial charge in [0.25, 0.3) is 0 Å². The molecule has 24 heavy (non-hydrogen) atoms. The molecule has 4 nitrogen and oxygen atoms in total. The van der Waals surface area contributed by atoms with E-state index in [-0.39, 0.29) is 29.3 Å². The van der Waals surface area contributed by atoms with Crippen LogP contribution in [0.1, 0.15) is 79.6 Å². The fourth-order valence-corrected chi connectivity index (χ4v) is 5.35. The minimum atomic E-state index is -0.641. The Balaban J connectivity index is 2.14. The monoisotopic (exact) mass is 338 g/mol. The van der Waals surface area contributed by atoms with E-state index < -0.39 is 5.60 Å². The molecule has 5 atom stereocenters. The van der Waals surface area contributed by atoms with E-state index in [1.807, 2.05) is 13.8 Å². The fraction of sp³-hybridized carbons (Fsp3) is 0.900. The van der Waals surface area contributed by atoms with Crippen LogP contribution in [0.5, 0.6) is 0 Å². The van der Waals surface area contributed by atoms with E-state index in [2.05, 4.69) is 13.8 Å². The van der Waals surface area contributed by atoms with E-state index in [9.17, 15) is 14.7 Å². The number of hydrogen-bond acceptors (Lipinski definition) is 4. The maximum Gasteiger partial charge on any atom is 0.302 e. The average molecular weight is 338 g/mol. The van der Waals surface area contributed by atoms with Crippen molar-refractivity contribution in [2.45, 2.75) is 91.3 Å². The van der Waals surface area contributed by atoms with Gasteiger partial charge in [0.15, 0.2) is 0 Å². The molecule has 2 saturated carbocycles. The van der Waals surface area contributed by atoms with Crippen molar-refractivity contribution < 1.29 is 19.4 Å². The molecule has 0 unspecified atom stereocenters. The molecular weight excluding hydrogens is 304 g/mol. The molecule has 4 heteroatoms. The first kappa shape index (κ1) is 19.4. The molecular formula is C20H34O4. The number of ketones is 1. The molecule has 2 fully saturated rings. The first-order chi connectivity index (χ1) is 11.0. The molecule has 0 bridgehead atoms. The van der Waals surface area contributed by atoms with Crippen LogP contribution in [-0.2, 0) is 14.3 Å². The highest BCUT2D eigenvalue weighted by Crippen LogP contribution is 2.58. The van der Waals surface area contributed by atoms with Crippen LogP contribution in [0.4, 0.5) is 0 Å². The van der Waals surface area contributed by atoms with Crippen LogP contribution in [-0.4, -0.2) is 28.6 Å². The SMILES string of the molecule is CC(=O)O[C@@H]1C[C@H]2C(=O)CCC[C@]2(C)[C@H]1[C@H](C)CCCC(C)(C)O. The minimum Gasteiger partial charge on any atom is -0.462 e. The Morgan fingerprint density at radius 1 is 1.46 bits per heavy atom. The Bertz CT molecular complexity index is 479. The fourth-order valence-electron chi connectivity index (χ4n) is 5.35. The van der Waals surface area contributed by atoms with Crippen molar-refractivity contribution in [2.75, 3.05) is 0 Å². The lowest BCUT2D eigenvalue weighted by atomic mass is 9.61. The third kappa shape index (κ3) is 4.19. The van der Waals surface area contributed by atoms with E-state index in [1.54, 1.807) is 0 Å². The summed E-state index contributed by atoms with van der Waals surface area (Å²) in [5, 5.41) is 9.93. The van der Waals surface area contributed by atoms with Crippen molar-refractivity contribution in [2.24, 2.45) is 23.2 Å². The van der Waals surface area contributed by atoms with Crippen molar-refractivity contribution in [3.63, 3.8) is 0 Å². The summed E-state index contributed by atoms with van der Waals surface area (Å²) in [6.45, 7) is 9.59. The summed E-state index contributed by atoms with van der Waals surface area (Å²) in [5.41, 5.74) is -0.693. The van der Waals surface area contributed by atoms with Gasteiger partial charge < -0.3 is 9.84 Å². The van der Waals surface area contributed by atoms with Gasteiger partial charge in [0, 0.05) is 25.2 Å². The number of carbonyl (C=O) groups excluding carboxylic acids is 2. The summed E-state index contributed by atoms with van der Waals surface area (Å²) in [6.07, 6.45) is 5.92. The van der Waals surface area contributed by atoms with Crippen LogP contribution in [0, 0.1) is 23.2 Å². The van der Waals surface area contributed by atoms with Gasteiger partial charge in [-0.05, 0) is 50.9 Å². The molecule has 0 saturated heterocycles. The van der Waals surface area contributed by atoms with Gasteiger partial charge in [0.1, 0.15) is 11.9 Å². The number of fused-ring (bicyclic) bond motifs is 1. The zero-order valence-corrected chi connectivity index (χ0v) is 15.9. The van der Waals surface area contributed by atoms with Gasteiger partial charge in [0.2, 0.25) is 0 Å². The molecule has 0 heterocycles. The van der Waals surface area contributed by atoms with E-state index >= 15 is 0 Å². The molecule has 0 amide bonds. The van der Waals surface area contributed by atoms with Crippen LogP contribution < -0.4 is 0 Å². The lowest BCUT2D eigenvalue weighted by Crippen LogP contribution is -2.41. The van der Waals surface area contributed by atoms with Gasteiger partial charge >= 0.3 is 5.97 Å². The predicted molar refractivity (Wildman–Crippen MR) is 93.4 cm³/mol. The van der Waals surface area contributed by atoms with Crippen LogP contribution in [0.2, 0.25) is 0 Å². The number of aliphatic hydroxyl groups is 1.